The van der Waals surface area contributed by atoms with Gasteiger partial charge < -0.3 is 20.4 Å². The zero-order valence-electron chi connectivity index (χ0n) is 19.8. The average molecular weight is 477 g/mol. The number of amides is 3. The molecule has 1 aromatic carbocycles. The van der Waals surface area contributed by atoms with E-state index in [0.29, 0.717) is 51.0 Å². The predicted molar refractivity (Wildman–Crippen MR) is 132 cm³/mol. The van der Waals surface area contributed by atoms with Crippen LogP contribution >= 0.6 is 0 Å². The Bertz CT molecular complexity index is 1040. The van der Waals surface area contributed by atoms with Crippen LogP contribution in [0.4, 0.5) is 5.82 Å². The largest absolute Gasteiger partial charge is 0.353 e. The molecule has 9 heteroatoms. The average Bonchev–Trinajstić information content (AvgIpc) is 3.34. The van der Waals surface area contributed by atoms with Gasteiger partial charge in [0.2, 0.25) is 11.8 Å². The van der Waals surface area contributed by atoms with Gasteiger partial charge in [0.15, 0.2) is 0 Å². The first-order valence-electron chi connectivity index (χ1n) is 12.4. The van der Waals surface area contributed by atoms with Gasteiger partial charge in [-0.3, -0.25) is 19.3 Å². The molecular formula is C26H32N6O3. The molecule has 0 radical (unpaired) electrons. The maximum absolute atomic E-state index is 12.9. The summed E-state index contributed by atoms with van der Waals surface area (Å²) in [6.07, 6.45) is 3.52. The van der Waals surface area contributed by atoms with Crippen LogP contribution in [-0.4, -0.2) is 89.9 Å². The summed E-state index contributed by atoms with van der Waals surface area (Å²) in [6.45, 7) is 4.10. The first kappa shape index (κ1) is 23.3. The highest BCUT2D eigenvalue weighted by Crippen LogP contribution is 2.26. The molecule has 3 aliphatic heterocycles. The van der Waals surface area contributed by atoms with Gasteiger partial charge in [0.05, 0.1) is 6.04 Å². The number of fused-ring (bicyclic) bond motifs is 1. The van der Waals surface area contributed by atoms with Crippen molar-refractivity contribution >= 4 is 23.5 Å². The number of hydrogen-bond donors (Lipinski definition) is 2. The monoisotopic (exact) mass is 476 g/mol. The molecule has 0 aliphatic carbocycles. The minimum absolute atomic E-state index is 0.00896. The molecule has 184 valence electrons. The lowest BCUT2D eigenvalue weighted by Gasteiger charge is -2.38. The number of aromatic nitrogens is 1. The molecule has 3 fully saturated rings. The van der Waals surface area contributed by atoms with E-state index >= 15 is 0 Å². The molecule has 2 N–H and O–H groups in total. The second-order valence-corrected chi connectivity index (χ2v) is 9.48. The summed E-state index contributed by atoms with van der Waals surface area (Å²) in [6, 6.07) is 14.8. The number of anilines is 1. The third-order valence-corrected chi connectivity index (χ3v) is 7.29. The predicted octanol–water partition coefficient (Wildman–Crippen LogP) is 0.882. The van der Waals surface area contributed by atoms with Crippen molar-refractivity contribution in [2.75, 3.05) is 44.2 Å². The zero-order valence-corrected chi connectivity index (χ0v) is 19.8. The number of benzene rings is 1. The number of rotatable bonds is 6. The lowest BCUT2D eigenvalue weighted by Crippen LogP contribution is -2.58. The summed E-state index contributed by atoms with van der Waals surface area (Å²) in [4.78, 5) is 48.8. The summed E-state index contributed by atoms with van der Waals surface area (Å²) in [5.74, 6) is 1.00. The minimum Gasteiger partial charge on any atom is -0.353 e. The van der Waals surface area contributed by atoms with E-state index in [1.54, 1.807) is 18.3 Å². The van der Waals surface area contributed by atoms with Gasteiger partial charge in [0, 0.05) is 69.5 Å². The van der Waals surface area contributed by atoms with Crippen molar-refractivity contribution in [1.29, 1.82) is 0 Å². The van der Waals surface area contributed by atoms with Gasteiger partial charge in [-0.1, -0.05) is 24.3 Å². The van der Waals surface area contributed by atoms with Crippen molar-refractivity contribution in [3.63, 3.8) is 0 Å². The van der Waals surface area contributed by atoms with Crippen molar-refractivity contribution in [2.24, 2.45) is 0 Å². The fraction of sp³-hybridized carbons (Fsp3) is 0.462. The molecule has 3 aliphatic rings. The van der Waals surface area contributed by atoms with Gasteiger partial charge in [0.25, 0.3) is 5.91 Å². The third kappa shape index (κ3) is 5.30. The molecule has 0 saturated carbocycles. The minimum atomic E-state index is -0.258. The van der Waals surface area contributed by atoms with Crippen LogP contribution in [0.5, 0.6) is 0 Å². The molecule has 3 atom stereocenters. The first-order valence-corrected chi connectivity index (χ1v) is 12.4. The number of carbonyl (C=O) groups excluding carboxylic acids is 3. The van der Waals surface area contributed by atoms with E-state index in [1.807, 2.05) is 41.3 Å². The standard InChI is InChI=1S/C26H32N6O3/c33-24(31-14-12-30(13-15-31)23-8-4-5-11-27-23)10-9-21-17-28-26(35)22-16-20(18-32(21)22)29-25(34)19-6-2-1-3-7-19/h1-8,11,20-22H,9-10,12-18H2,(H,28,35)(H,29,34). The SMILES string of the molecule is O=C(NC1CC2C(=O)NCC(CCC(=O)N3CCN(c4ccccn4)CC3)N2C1)c1ccccc1. The van der Waals surface area contributed by atoms with Crippen molar-refractivity contribution in [3.05, 3.63) is 60.3 Å². The smallest absolute Gasteiger partial charge is 0.251 e. The van der Waals surface area contributed by atoms with E-state index in [0.717, 1.165) is 18.9 Å². The van der Waals surface area contributed by atoms with Gasteiger partial charge >= 0.3 is 0 Å². The highest BCUT2D eigenvalue weighted by molar-refractivity contribution is 5.94. The molecule has 2 aromatic rings. The topological polar surface area (TPSA) is 97.9 Å². The highest BCUT2D eigenvalue weighted by atomic mass is 16.2. The molecule has 9 nitrogen and oxygen atoms in total. The van der Waals surface area contributed by atoms with E-state index in [4.69, 9.17) is 0 Å². The Kier molecular flexibility index (Phi) is 6.94. The Morgan fingerprint density at radius 2 is 1.80 bits per heavy atom. The molecule has 0 spiro atoms. The van der Waals surface area contributed by atoms with Crippen LogP contribution in [0.25, 0.3) is 0 Å². The van der Waals surface area contributed by atoms with Gasteiger partial charge in [-0.25, -0.2) is 4.98 Å². The Labute approximate surface area is 205 Å². The lowest BCUT2D eigenvalue weighted by atomic mass is 10.0. The Balaban J connectivity index is 1.12. The maximum atomic E-state index is 12.9. The van der Waals surface area contributed by atoms with Crippen LogP contribution in [0.1, 0.15) is 29.6 Å². The zero-order chi connectivity index (χ0) is 24.2. The molecule has 35 heavy (non-hydrogen) atoms. The van der Waals surface area contributed by atoms with Crippen LogP contribution in [-0.2, 0) is 9.59 Å². The van der Waals surface area contributed by atoms with Crippen molar-refractivity contribution in [2.45, 2.75) is 37.4 Å². The number of piperazine rings is 2. The van der Waals surface area contributed by atoms with E-state index < -0.39 is 0 Å². The third-order valence-electron chi connectivity index (χ3n) is 7.29. The van der Waals surface area contributed by atoms with Crippen molar-refractivity contribution < 1.29 is 14.4 Å². The molecule has 5 rings (SSSR count). The summed E-state index contributed by atoms with van der Waals surface area (Å²) < 4.78 is 0. The molecular weight excluding hydrogens is 444 g/mol. The fourth-order valence-electron chi connectivity index (χ4n) is 5.38. The molecule has 1 aromatic heterocycles. The van der Waals surface area contributed by atoms with Crippen LogP contribution < -0.4 is 15.5 Å². The molecule has 3 unspecified atom stereocenters. The first-order chi connectivity index (χ1) is 17.1. The summed E-state index contributed by atoms with van der Waals surface area (Å²) in [7, 11) is 0. The second-order valence-electron chi connectivity index (χ2n) is 9.48. The van der Waals surface area contributed by atoms with Crippen LogP contribution in [0.2, 0.25) is 0 Å². The second kappa shape index (κ2) is 10.4. The number of hydrogen-bond acceptors (Lipinski definition) is 6. The Morgan fingerprint density at radius 1 is 1.03 bits per heavy atom. The van der Waals surface area contributed by atoms with Gasteiger partial charge in [-0.15, -0.1) is 0 Å². The molecule has 4 heterocycles. The quantitative estimate of drug-likeness (QED) is 0.643. The van der Waals surface area contributed by atoms with Gasteiger partial charge in [-0.05, 0) is 37.1 Å². The van der Waals surface area contributed by atoms with Gasteiger partial charge in [-0.2, -0.15) is 0 Å². The van der Waals surface area contributed by atoms with E-state index in [1.165, 1.54) is 0 Å². The number of pyridine rings is 1. The normalized spacial score (nSPS) is 24.6. The molecule has 0 bridgehead atoms. The summed E-state index contributed by atoms with van der Waals surface area (Å²) in [5.41, 5.74) is 0.618. The Hall–Kier alpha value is -3.46. The van der Waals surface area contributed by atoms with Crippen LogP contribution in [0.3, 0.4) is 0 Å². The van der Waals surface area contributed by atoms with Crippen LogP contribution in [0, 0.1) is 0 Å². The number of nitrogens with zero attached hydrogens (tertiary/aromatic N) is 4. The number of carbonyl (C=O) groups is 3. The molecule has 3 amide bonds. The van der Waals surface area contributed by atoms with E-state index in [-0.39, 0.29) is 35.8 Å². The Morgan fingerprint density at radius 3 is 2.54 bits per heavy atom. The van der Waals surface area contributed by atoms with E-state index in [2.05, 4.69) is 25.4 Å². The lowest BCUT2D eigenvalue weighted by molar-refractivity contribution is -0.132. The number of nitrogens with one attached hydrogen (secondary N) is 2. The van der Waals surface area contributed by atoms with Crippen molar-refractivity contribution in [1.82, 2.24) is 25.4 Å². The van der Waals surface area contributed by atoms with E-state index in [9.17, 15) is 14.4 Å². The van der Waals surface area contributed by atoms with Gasteiger partial charge in [0.1, 0.15) is 5.82 Å². The fourth-order valence-corrected chi connectivity index (χ4v) is 5.38. The maximum Gasteiger partial charge on any atom is 0.251 e. The summed E-state index contributed by atoms with van der Waals surface area (Å²) in [5, 5.41) is 6.09. The van der Waals surface area contributed by atoms with Crippen LogP contribution in [0.15, 0.2) is 54.7 Å². The highest BCUT2D eigenvalue weighted by Gasteiger charge is 2.44. The van der Waals surface area contributed by atoms with Crippen molar-refractivity contribution in [3.8, 4) is 0 Å². The molecule has 3 saturated heterocycles. The summed E-state index contributed by atoms with van der Waals surface area (Å²) >= 11 is 0.